The van der Waals surface area contributed by atoms with Gasteiger partial charge in [0.2, 0.25) is 0 Å². The summed E-state index contributed by atoms with van der Waals surface area (Å²) >= 11 is 6.72. The molecular formula is C38H26ClN3. The van der Waals surface area contributed by atoms with Crippen LogP contribution < -0.4 is 5.32 Å². The molecule has 1 aliphatic rings. The normalized spacial score (nSPS) is 14.5. The molecule has 6 aromatic rings. The number of halogens is 1. The molecule has 1 unspecified atom stereocenters. The summed E-state index contributed by atoms with van der Waals surface area (Å²) in [4.78, 5) is 10.0. The predicted octanol–water partition coefficient (Wildman–Crippen LogP) is 9.23. The van der Waals surface area contributed by atoms with E-state index in [-0.39, 0.29) is 0 Å². The van der Waals surface area contributed by atoms with Crippen molar-refractivity contribution < 1.29 is 0 Å². The van der Waals surface area contributed by atoms with Crippen LogP contribution >= 0.6 is 11.6 Å². The second-order valence-electron chi connectivity index (χ2n) is 10.4. The lowest BCUT2D eigenvalue weighted by Gasteiger charge is -2.22. The Morgan fingerprint density at radius 1 is 0.571 bits per heavy atom. The number of hydrogen-bond donors (Lipinski definition) is 1. The summed E-state index contributed by atoms with van der Waals surface area (Å²) in [7, 11) is 0. The summed E-state index contributed by atoms with van der Waals surface area (Å²) in [5.74, 6) is 1.39. The lowest BCUT2D eigenvalue weighted by Crippen LogP contribution is -2.36. The maximum Gasteiger partial charge on any atom is 0.169 e. The molecule has 4 heteroatoms. The first-order valence-electron chi connectivity index (χ1n) is 13.9. The monoisotopic (exact) mass is 559 g/mol. The van der Waals surface area contributed by atoms with Gasteiger partial charge in [-0.25, -0.2) is 9.98 Å². The van der Waals surface area contributed by atoms with Crippen LogP contribution in [-0.2, 0) is 0 Å². The first kappa shape index (κ1) is 25.8. The van der Waals surface area contributed by atoms with Crippen molar-refractivity contribution in [2.75, 3.05) is 0 Å². The Labute approximate surface area is 250 Å². The van der Waals surface area contributed by atoms with Crippen molar-refractivity contribution in [3.8, 4) is 22.3 Å². The number of hydrogen-bond acceptors (Lipinski definition) is 3. The number of amidine groups is 2. The third kappa shape index (κ3) is 5.29. The summed E-state index contributed by atoms with van der Waals surface area (Å²) < 4.78 is 0. The van der Waals surface area contributed by atoms with Crippen LogP contribution in [0.5, 0.6) is 0 Å². The SMILES string of the molecule is Cc1ccc2cc(-c3cc(Cl)cc(C4=NC(c5ccccc5)N=C(c5c#cc(-c6ccccc6)cc5)N4)c3)ccc2c1. The first-order chi connectivity index (χ1) is 20.6. The van der Waals surface area contributed by atoms with Crippen LogP contribution in [0.1, 0.15) is 28.4 Å². The minimum Gasteiger partial charge on any atom is -0.324 e. The van der Waals surface area contributed by atoms with Crippen molar-refractivity contribution in [1.29, 1.82) is 0 Å². The molecule has 0 fully saturated rings. The summed E-state index contributed by atoms with van der Waals surface area (Å²) in [5, 5.41) is 6.53. The fourth-order valence-corrected chi connectivity index (χ4v) is 5.49. The molecule has 1 atom stereocenters. The highest BCUT2D eigenvalue weighted by atomic mass is 35.5. The zero-order chi connectivity index (χ0) is 28.5. The molecule has 200 valence electrons. The molecule has 0 bridgehead atoms. The van der Waals surface area contributed by atoms with Crippen LogP contribution in [0.25, 0.3) is 33.0 Å². The molecule has 0 saturated carbocycles. The highest BCUT2D eigenvalue weighted by Crippen LogP contribution is 2.30. The molecule has 1 aliphatic heterocycles. The van der Waals surface area contributed by atoms with Gasteiger partial charge in [0.1, 0.15) is 11.7 Å². The van der Waals surface area contributed by atoms with Gasteiger partial charge in [0.05, 0.1) is 5.56 Å². The van der Waals surface area contributed by atoms with E-state index >= 15 is 0 Å². The molecule has 1 N–H and O–H groups in total. The minimum atomic E-state index is -0.411. The number of benzene rings is 5. The Balaban J connectivity index is 1.27. The van der Waals surface area contributed by atoms with Crippen LogP contribution in [0.15, 0.2) is 137 Å². The molecule has 0 spiro atoms. The van der Waals surface area contributed by atoms with Gasteiger partial charge in [-0.05, 0) is 76.3 Å². The van der Waals surface area contributed by atoms with Crippen LogP contribution in [0.4, 0.5) is 0 Å². The Morgan fingerprint density at radius 3 is 2.02 bits per heavy atom. The lowest BCUT2D eigenvalue weighted by atomic mass is 9.98. The van der Waals surface area contributed by atoms with Gasteiger partial charge in [0.25, 0.3) is 0 Å². The molecule has 1 heterocycles. The Bertz CT molecular complexity index is 1960. The zero-order valence-electron chi connectivity index (χ0n) is 23.0. The van der Waals surface area contributed by atoms with Crippen molar-refractivity contribution in [2.45, 2.75) is 13.1 Å². The number of nitrogens with one attached hydrogen (secondary N) is 1. The van der Waals surface area contributed by atoms with Crippen molar-refractivity contribution >= 4 is 34.0 Å². The van der Waals surface area contributed by atoms with E-state index in [1.165, 1.54) is 16.3 Å². The van der Waals surface area contributed by atoms with E-state index in [9.17, 15) is 0 Å². The van der Waals surface area contributed by atoms with Gasteiger partial charge < -0.3 is 5.32 Å². The molecule has 6 aromatic carbocycles. The lowest BCUT2D eigenvalue weighted by molar-refractivity contribution is 0.756. The Morgan fingerprint density at radius 2 is 1.24 bits per heavy atom. The van der Waals surface area contributed by atoms with E-state index < -0.39 is 6.17 Å². The zero-order valence-corrected chi connectivity index (χ0v) is 23.7. The number of aliphatic imine (C=N–C) groups is 2. The van der Waals surface area contributed by atoms with Crippen LogP contribution in [0.3, 0.4) is 0 Å². The largest absolute Gasteiger partial charge is 0.324 e. The fourth-order valence-electron chi connectivity index (χ4n) is 5.25. The van der Waals surface area contributed by atoms with Crippen LogP contribution in [0.2, 0.25) is 5.02 Å². The molecule has 0 aromatic heterocycles. The molecule has 0 aliphatic carbocycles. The standard InChI is InChI=1S/C38H26ClN3/c1-25-12-13-31-21-32(19-18-30(31)20-25)33-22-34(24-35(39)23-33)38-41-36(28-10-6-3-7-11-28)40-37(42-38)29-16-14-27(15-17-29)26-8-4-2-5-9-26/h2-14,16,18-24,36H,1H3,(H,40,41,42). The number of nitrogens with zero attached hydrogens (tertiary/aromatic N) is 2. The molecule has 0 radical (unpaired) electrons. The predicted molar refractivity (Wildman–Crippen MR) is 174 cm³/mol. The maximum absolute atomic E-state index is 6.72. The van der Waals surface area contributed by atoms with Crippen molar-refractivity contribution in [3.05, 3.63) is 167 Å². The van der Waals surface area contributed by atoms with Crippen molar-refractivity contribution in [1.82, 2.24) is 5.32 Å². The van der Waals surface area contributed by atoms with Gasteiger partial charge >= 0.3 is 0 Å². The van der Waals surface area contributed by atoms with Gasteiger partial charge in [0, 0.05) is 16.1 Å². The highest BCUT2D eigenvalue weighted by molar-refractivity contribution is 6.31. The van der Waals surface area contributed by atoms with E-state index in [0.717, 1.165) is 38.9 Å². The fraction of sp³-hybridized carbons (Fsp3) is 0.0526. The summed E-state index contributed by atoms with van der Waals surface area (Å²) in [6.07, 6.45) is -0.411. The van der Waals surface area contributed by atoms with Crippen molar-refractivity contribution in [3.63, 3.8) is 0 Å². The third-order valence-electron chi connectivity index (χ3n) is 7.43. The second kappa shape index (κ2) is 11.0. The van der Waals surface area contributed by atoms with Crippen LogP contribution in [0, 0.1) is 19.1 Å². The second-order valence-corrected chi connectivity index (χ2v) is 10.9. The van der Waals surface area contributed by atoms with E-state index in [4.69, 9.17) is 21.6 Å². The van der Waals surface area contributed by atoms with E-state index in [2.05, 4.69) is 79.0 Å². The van der Waals surface area contributed by atoms with Gasteiger partial charge in [0.15, 0.2) is 6.17 Å². The van der Waals surface area contributed by atoms with Gasteiger partial charge in [-0.1, -0.05) is 120 Å². The molecule has 0 amide bonds. The summed E-state index contributed by atoms with van der Waals surface area (Å²) in [6.45, 7) is 2.11. The number of fused-ring (bicyclic) bond motifs is 1. The Hall–Kier alpha value is -5.17. The van der Waals surface area contributed by atoms with Crippen LogP contribution in [-0.4, -0.2) is 11.7 Å². The smallest absolute Gasteiger partial charge is 0.169 e. The first-order valence-corrected chi connectivity index (χ1v) is 14.3. The van der Waals surface area contributed by atoms with Gasteiger partial charge in [-0.3, -0.25) is 0 Å². The molecule has 7 rings (SSSR count). The minimum absolute atomic E-state index is 0.411. The molecule has 42 heavy (non-hydrogen) atoms. The highest BCUT2D eigenvalue weighted by Gasteiger charge is 2.21. The average molecular weight is 560 g/mol. The topological polar surface area (TPSA) is 36.8 Å². The molecule has 3 nitrogen and oxygen atoms in total. The van der Waals surface area contributed by atoms with E-state index in [0.29, 0.717) is 16.7 Å². The van der Waals surface area contributed by atoms with Crippen molar-refractivity contribution in [2.24, 2.45) is 9.98 Å². The average Bonchev–Trinajstić information content (AvgIpc) is 3.05. The van der Waals surface area contributed by atoms with E-state index in [1.807, 2.05) is 72.8 Å². The summed E-state index contributed by atoms with van der Waals surface area (Å²) in [5.41, 5.74) is 8.15. The molecular weight excluding hydrogens is 534 g/mol. The van der Waals surface area contributed by atoms with Gasteiger partial charge in [-0.2, -0.15) is 0 Å². The van der Waals surface area contributed by atoms with E-state index in [1.54, 1.807) is 0 Å². The quantitative estimate of drug-likeness (QED) is 0.224. The van der Waals surface area contributed by atoms with Gasteiger partial charge in [-0.15, -0.1) is 0 Å². The number of rotatable bonds is 5. The maximum atomic E-state index is 6.72. The Kier molecular flexibility index (Phi) is 6.76. The molecule has 0 saturated heterocycles. The summed E-state index contributed by atoms with van der Waals surface area (Å²) in [6, 6.07) is 50.1. The third-order valence-corrected chi connectivity index (χ3v) is 7.64. The number of aryl methyl sites for hydroxylation is 1.